The van der Waals surface area contributed by atoms with E-state index < -0.39 is 12.0 Å². The first-order valence-electron chi connectivity index (χ1n) is 9.53. The SMILES string of the molecule is CCCCCCCCCCNc1nc(C)c(-c2ccnc(C(F)(F)F)n2)s1. The summed E-state index contributed by atoms with van der Waals surface area (Å²) in [7, 11) is 0. The van der Waals surface area contributed by atoms with Gasteiger partial charge in [-0.15, -0.1) is 0 Å². The molecule has 1 N–H and O–H groups in total. The van der Waals surface area contributed by atoms with Gasteiger partial charge in [0.1, 0.15) is 0 Å². The van der Waals surface area contributed by atoms with E-state index in [1.165, 1.54) is 62.3 Å². The largest absolute Gasteiger partial charge is 0.451 e. The van der Waals surface area contributed by atoms with Gasteiger partial charge in [-0.3, -0.25) is 0 Å². The van der Waals surface area contributed by atoms with Crippen LogP contribution in [0.25, 0.3) is 10.6 Å². The summed E-state index contributed by atoms with van der Waals surface area (Å²) in [5, 5.41) is 3.99. The first-order valence-corrected chi connectivity index (χ1v) is 10.4. The summed E-state index contributed by atoms with van der Waals surface area (Å²) < 4.78 is 38.4. The van der Waals surface area contributed by atoms with Gasteiger partial charge < -0.3 is 5.32 Å². The fourth-order valence-electron chi connectivity index (χ4n) is 2.79. The Morgan fingerprint density at radius 3 is 2.33 bits per heavy atom. The van der Waals surface area contributed by atoms with Crippen molar-refractivity contribution >= 4 is 16.5 Å². The maximum Gasteiger partial charge on any atom is 0.451 e. The molecule has 2 aromatic heterocycles. The molecule has 2 heterocycles. The van der Waals surface area contributed by atoms with Crippen molar-refractivity contribution in [3.05, 3.63) is 23.8 Å². The summed E-state index contributed by atoms with van der Waals surface area (Å²) >= 11 is 1.33. The smallest absolute Gasteiger partial charge is 0.361 e. The third-order valence-corrected chi connectivity index (χ3v) is 5.38. The molecule has 0 aromatic carbocycles. The van der Waals surface area contributed by atoms with Crippen LogP contribution in [0, 0.1) is 6.92 Å². The van der Waals surface area contributed by atoms with Crippen molar-refractivity contribution in [2.75, 3.05) is 11.9 Å². The lowest BCUT2D eigenvalue weighted by molar-refractivity contribution is -0.144. The zero-order valence-electron chi connectivity index (χ0n) is 15.9. The fraction of sp³-hybridized carbons (Fsp3) is 0.632. The molecule has 2 rings (SSSR count). The van der Waals surface area contributed by atoms with Crippen LogP contribution in [0.15, 0.2) is 12.3 Å². The van der Waals surface area contributed by atoms with Crippen molar-refractivity contribution in [1.29, 1.82) is 0 Å². The third-order valence-electron chi connectivity index (χ3n) is 4.24. The van der Waals surface area contributed by atoms with Gasteiger partial charge >= 0.3 is 6.18 Å². The molecule has 0 saturated heterocycles. The van der Waals surface area contributed by atoms with Crippen LogP contribution in [0.2, 0.25) is 0 Å². The summed E-state index contributed by atoms with van der Waals surface area (Å²) in [6.07, 6.45) is 6.60. The molecule has 0 bridgehead atoms. The van der Waals surface area contributed by atoms with Gasteiger partial charge in [0.05, 0.1) is 16.3 Å². The molecular weight excluding hydrogens is 373 g/mol. The number of hydrogen-bond acceptors (Lipinski definition) is 5. The van der Waals surface area contributed by atoms with Crippen molar-refractivity contribution < 1.29 is 13.2 Å². The van der Waals surface area contributed by atoms with Crippen LogP contribution in [0.1, 0.15) is 69.8 Å². The van der Waals surface area contributed by atoms with Crippen LogP contribution in [-0.2, 0) is 6.18 Å². The van der Waals surface area contributed by atoms with Crippen molar-refractivity contribution in [1.82, 2.24) is 15.0 Å². The Bertz CT molecular complexity index is 701. The minimum absolute atomic E-state index is 0.257. The van der Waals surface area contributed by atoms with Gasteiger partial charge in [-0.25, -0.2) is 15.0 Å². The lowest BCUT2D eigenvalue weighted by Crippen LogP contribution is -2.10. The second-order valence-corrected chi connectivity index (χ2v) is 7.60. The quantitative estimate of drug-likeness (QED) is 0.439. The highest BCUT2D eigenvalue weighted by Crippen LogP contribution is 2.33. The number of nitrogens with one attached hydrogen (secondary N) is 1. The number of alkyl halides is 3. The van der Waals surface area contributed by atoms with Gasteiger partial charge in [-0.1, -0.05) is 63.2 Å². The third kappa shape index (κ3) is 7.08. The number of anilines is 1. The van der Waals surface area contributed by atoms with Gasteiger partial charge in [0.2, 0.25) is 5.82 Å². The number of aryl methyl sites for hydroxylation is 1. The Hall–Kier alpha value is -1.70. The molecule has 0 aliphatic rings. The van der Waals surface area contributed by atoms with Crippen molar-refractivity contribution in [3.8, 4) is 10.6 Å². The second-order valence-electron chi connectivity index (χ2n) is 6.60. The predicted octanol–water partition coefficient (Wildman–Crippen LogP) is 6.48. The van der Waals surface area contributed by atoms with E-state index >= 15 is 0 Å². The second kappa shape index (κ2) is 10.6. The first kappa shape index (κ1) is 21.6. The predicted molar refractivity (Wildman–Crippen MR) is 104 cm³/mol. The molecule has 0 aliphatic heterocycles. The summed E-state index contributed by atoms with van der Waals surface area (Å²) in [5.74, 6) is -1.12. The van der Waals surface area contributed by atoms with E-state index in [0.717, 1.165) is 24.3 Å². The monoisotopic (exact) mass is 400 g/mol. The molecular formula is C19H27F3N4S. The van der Waals surface area contributed by atoms with Gasteiger partial charge in [-0.2, -0.15) is 13.2 Å². The molecule has 0 amide bonds. The topological polar surface area (TPSA) is 50.7 Å². The maximum absolute atomic E-state index is 12.8. The Balaban J connectivity index is 1.81. The molecule has 27 heavy (non-hydrogen) atoms. The van der Waals surface area contributed by atoms with Crippen LogP contribution < -0.4 is 5.32 Å². The zero-order valence-corrected chi connectivity index (χ0v) is 16.7. The molecule has 8 heteroatoms. The van der Waals surface area contributed by atoms with Crippen molar-refractivity contribution in [2.24, 2.45) is 0 Å². The Kier molecular flexibility index (Phi) is 8.47. The molecule has 0 aliphatic carbocycles. The summed E-state index contributed by atoms with van der Waals surface area (Å²) in [4.78, 5) is 12.0. The van der Waals surface area contributed by atoms with E-state index in [2.05, 4.69) is 27.2 Å². The maximum atomic E-state index is 12.8. The van der Waals surface area contributed by atoms with Crippen molar-refractivity contribution in [2.45, 2.75) is 71.4 Å². The van der Waals surface area contributed by atoms with E-state index in [1.807, 2.05) is 0 Å². The highest BCUT2D eigenvalue weighted by molar-refractivity contribution is 7.19. The Morgan fingerprint density at radius 2 is 1.67 bits per heavy atom. The van der Waals surface area contributed by atoms with E-state index in [0.29, 0.717) is 10.6 Å². The zero-order chi connectivity index (χ0) is 19.7. The van der Waals surface area contributed by atoms with Crippen LogP contribution >= 0.6 is 11.3 Å². The number of halogens is 3. The minimum Gasteiger partial charge on any atom is -0.361 e. The summed E-state index contributed by atoms with van der Waals surface area (Å²) in [6, 6.07) is 1.48. The normalized spacial score (nSPS) is 11.7. The standard InChI is InChI=1S/C19H27F3N4S/c1-3-4-5-6-7-8-9-10-12-24-18-25-14(2)16(27-18)15-11-13-23-17(26-15)19(20,21)22/h11,13H,3-10,12H2,1-2H3,(H,24,25). The van der Waals surface area contributed by atoms with Crippen LogP contribution in [0.3, 0.4) is 0 Å². The summed E-state index contributed by atoms with van der Waals surface area (Å²) in [6.45, 7) is 4.82. The average Bonchev–Trinajstić information content (AvgIpc) is 3.00. The molecule has 2 aromatic rings. The van der Waals surface area contributed by atoms with Crippen LogP contribution in [0.5, 0.6) is 0 Å². The van der Waals surface area contributed by atoms with E-state index in [9.17, 15) is 13.2 Å². The molecule has 150 valence electrons. The molecule has 0 spiro atoms. The summed E-state index contributed by atoms with van der Waals surface area (Å²) in [5.41, 5.74) is 0.928. The number of unbranched alkanes of at least 4 members (excludes halogenated alkanes) is 7. The van der Waals surface area contributed by atoms with Crippen LogP contribution in [-0.4, -0.2) is 21.5 Å². The lowest BCUT2D eigenvalue weighted by Gasteiger charge is -2.05. The van der Waals surface area contributed by atoms with Crippen molar-refractivity contribution in [3.63, 3.8) is 0 Å². The van der Waals surface area contributed by atoms with Gasteiger partial charge in [0, 0.05) is 12.7 Å². The van der Waals surface area contributed by atoms with Gasteiger partial charge in [-0.05, 0) is 19.4 Å². The fourth-order valence-corrected chi connectivity index (χ4v) is 3.75. The Labute approximate surface area is 162 Å². The van der Waals surface area contributed by atoms with Crippen LogP contribution in [0.4, 0.5) is 18.3 Å². The highest BCUT2D eigenvalue weighted by atomic mass is 32.1. The molecule has 0 saturated carbocycles. The molecule has 4 nitrogen and oxygen atoms in total. The molecule has 0 radical (unpaired) electrons. The minimum atomic E-state index is -4.55. The average molecular weight is 401 g/mol. The number of hydrogen-bond donors (Lipinski definition) is 1. The highest BCUT2D eigenvalue weighted by Gasteiger charge is 2.34. The number of rotatable bonds is 11. The molecule has 0 fully saturated rings. The Morgan fingerprint density at radius 1 is 1.00 bits per heavy atom. The van der Waals surface area contributed by atoms with E-state index in [1.54, 1.807) is 6.92 Å². The molecule has 0 unspecified atom stereocenters. The first-order chi connectivity index (χ1) is 12.9. The number of aromatic nitrogens is 3. The number of thiazole rings is 1. The van der Waals surface area contributed by atoms with Gasteiger partial charge in [0.15, 0.2) is 5.13 Å². The van der Waals surface area contributed by atoms with Gasteiger partial charge in [0.25, 0.3) is 0 Å². The number of nitrogens with zero attached hydrogens (tertiary/aromatic N) is 3. The lowest BCUT2D eigenvalue weighted by atomic mass is 10.1. The van der Waals surface area contributed by atoms with E-state index in [4.69, 9.17) is 0 Å². The van der Waals surface area contributed by atoms with E-state index in [-0.39, 0.29) is 5.69 Å². The molecule has 0 atom stereocenters.